The number of aromatic nitrogens is 2. The fraction of sp³-hybridized carbons (Fsp3) is 0.368. The summed E-state index contributed by atoms with van der Waals surface area (Å²) in [5, 5.41) is 12.2. The predicted molar refractivity (Wildman–Crippen MR) is 103 cm³/mol. The van der Waals surface area contributed by atoms with Crippen molar-refractivity contribution in [2.24, 2.45) is 5.73 Å². The maximum absolute atomic E-state index is 12.6. The third-order valence-corrected chi connectivity index (χ3v) is 4.95. The SMILES string of the molecule is Cc1ccc(CNC(=O)C2(N)CCN(c3ncnc(N)c3C#N)CC2)cc1. The third kappa shape index (κ3) is 3.99. The fourth-order valence-corrected chi connectivity index (χ4v) is 3.15. The van der Waals surface area contributed by atoms with E-state index in [0.717, 1.165) is 5.56 Å². The average molecular weight is 365 g/mol. The van der Waals surface area contributed by atoms with Crippen LogP contribution >= 0.6 is 0 Å². The van der Waals surface area contributed by atoms with Crippen molar-refractivity contribution in [3.8, 4) is 6.07 Å². The topological polar surface area (TPSA) is 134 Å². The van der Waals surface area contributed by atoms with Gasteiger partial charge in [0.2, 0.25) is 5.91 Å². The molecule has 1 aromatic carbocycles. The Bertz CT molecular complexity index is 865. The molecule has 1 aliphatic rings. The molecule has 0 spiro atoms. The summed E-state index contributed by atoms with van der Waals surface area (Å²) < 4.78 is 0. The number of hydrogen-bond acceptors (Lipinski definition) is 7. The average Bonchev–Trinajstić information content (AvgIpc) is 2.67. The zero-order valence-electron chi connectivity index (χ0n) is 15.3. The van der Waals surface area contributed by atoms with Crippen LogP contribution in [0.3, 0.4) is 0 Å². The molecule has 0 unspecified atom stereocenters. The molecule has 27 heavy (non-hydrogen) atoms. The number of rotatable bonds is 4. The fourth-order valence-electron chi connectivity index (χ4n) is 3.15. The van der Waals surface area contributed by atoms with E-state index in [9.17, 15) is 10.1 Å². The summed E-state index contributed by atoms with van der Waals surface area (Å²) in [4.78, 5) is 22.6. The van der Waals surface area contributed by atoms with Crippen LogP contribution in [-0.4, -0.2) is 34.5 Å². The van der Waals surface area contributed by atoms with E-state index < -0.39 is 5.54 Å². The summed E-state index contributed by atoms with van der Waals surface area (Å²) in [5.41, 5.74) is 13.7. The first-order chi connectivity index (χ1) is 12.9. The van der Waals surface area contributed by atoms with Crippen molar-refractivity contribution in [2.75, 3.05) is 23.7 Å². The molecule has 1 amide bonds. The maximum atomic E-state index is 12.6. The standard InChI is InChI=1S/C19H23N7O/c1-13-2-4-14(5-3-13)11-23-18(27)19(22)6-8-26(9-7-19)17-15(10-20)16(21)24-12-25-17/h2-5,12H,6-9,11,22H2,1H3,(H,23,27)(H2,21,24,25). The molecule has 0 atom stereocenters. The van der Waals surface area contributed by atoms with Crippen LogP contribution in [0.1, 0.15) is 29.5 Å². The number of nitriles is 1. The molecule has 0 bridgehead atoms. The van der Waals surface area contributed by atoms with Crippen molar-refractivity contribution in [2.45, 2.75) is 31.8 Å². The minimum absolute atomic E-state index is 0.155. The summed E-state index contributed by atoms with van der Waals surface area (Å²) in [6, 6.07) is 10.1. The van der Waals surface area contributed by atoms with Crippen molar-refractivity contribution in [3.05, 3.63) is 47.3 Å². The lowest BCUT2D eigenvalue weighted by molar-refractivity contribution is -0.127. The van der Waals surface area contributed by atoms with E-state index in [2.05, 4.69) is 15.3 Å². The Kier molecular flexibility index (Phi) is 5.23. The van der Waals surface area contributed by atoms with Crippen molar-refractivity contribution >= 4 is 17.5 Å². The summed E-state index contributed by atoms with van der Waals surface area (Å²) in [5.74, 6) is 0.487. The van der Waals surface area contributed by atoms with E-state index in [4.69, 9.17) is 11.5 Å². The molecule has 0 radical (unpaired) electrons. The summed E-state index contributed by atoms with van der Waals surface area (Å²) in [6.07, 6.45) is 2.26. The Morgan fingerprint density at radius 2 is 1.96 bits per heavy atom. The molecule has 3 rings (SSSR count). The summed E-state index contributed by atoms with van der Waals surface area (Å²) in [6.45, 7) is 3.50. The van der Waals surface area contributed by atoms with Crippen molar-refractivity contribution in [3.63, 3.8) is 0 Å². The molecule has 2 aromatic rings. The zero-order valence-corrected chi connectivity index (χ0v) is 15.3. The molecular weight excluding hydrogens is 342 g/mol. The van der Waals surface area contributed by atoms with Crippen LogP contribution < -0.4 is 21.7 Å². The highest BCUT2D eigenvalue weighted by Crippen LogP contribution is 2.27. The molecule has 1 saturated heterocycles. The molecule has 140 valence electrons. The number of piperidine rings is 1. The van der Waals surface area contributed by atoms with Crippen LogP contribution in [-0.2, 0) is 11.3 Å². The Morgan fingerprint density at radius 3 is 2.59 bits per heavy atom. The molecule has 0 saturated carbocycles. The number of benzene rings is 1. The number of nitrogens with zero attached hydrogens (tertiary/aromatic N) is 4. The second-order valence-corrected chi connectivity index (χ2v) is 6.88. The number of nitrogen functional groups attached to an aromatic ring is 1. The Balaban J connectivity index is 1.62. The number of nitrogens with one attached hydrogen (secondary N) is 1. The number of carbonyl (C=O) groups is 1. The van der Waals surface area contributed by atoms with E-state index in [1.807, 2.05) is 42.2 Å². The van der Waals surface area contributed by atoms with Crippen LogP contribution in [0.15, 0.2) is 30.6 Å². The predicted octanol–water partition coefficient (Wildman–Crippen LogP) is 0.853. The zero-order chi connectivity index (χ0) is 19.4. The van der Waals surface area contributed by atoms with Gasteiger partial charge in [-0.1, -0.05) is 29.8 Å². The highest BCUT2D eigenvalue weighted by molar-refractivity contribution is 5.86. The molecular formula is C19H23N7O. The van der Waals surface area contributed by atoms with Gasteiger partial charge >= 0.3 is 0 Å². The minimum Gasteiger partial charge on any atom is -0.382 e. The van der Waals surface area contributed by atoms with Gasteiger partial charge in [-0.3, -0.25) is 4.79 Å². The highest BCUT2D eigenvalue weighted by Gasteiger charge is 2.38. The monoisotopic (exact) mass is 365 g/mol. The van der Waals surface area contributed by atoms with Gasteiger partial charge in [0.05, 0.1) is 5.54 Å². The second-order valence-electron chi connectivity index (χ2n) is 6.88. The van der Waals surface area contributed by atoms with Gasteiger partial charge in [-0.25, -0.2) is 9.97 Å². The number of hydrogen-bond donors (Lipinski definition) is 3. The number of aryl methyl sites for hydroxylation is 1. The molecule has 1 aromatic heterocycles. The lowest BCUT2D eigenvalue weighted by Crippen LogP contribution is -2.59. The van der Waals surface area contributed by atoms with Crippen molar-refractivity contribution in [1.82, 2.24) is 15.3 Å². The second kappa shape index (κ2) is 7.60. The molecule has 8 nitrogen and oxygen atoms in total. The first-order valence-corrected chi connectivity index (χ1v) is 8.81. The van der Waals surface area contributed by atoms with Gasteiger partial charge < -0.3 is 21.7 Å². The molecule has 1 fully saturated rings. The van der Waals surface area contributed by atoms with E-state index in [0.29, 0.717) is 38.3 Å². The quantitative estimate of drug-likeness (QED) is 0.731. The largest absolute Gasteiger partial charge is 0.382 e. The van der Waals surface area contributed by atoms with E-state index in [1.165, 1.54) is 11.9 Å². The van der Waals surface area contributed by atoms with Gasteiger partial charge in [0.25, 0.3) is 0 Å². The van der Waals surface area contributed by atoms with E-state index in [-0.39, 0.29) is 17.3 Å². The lowest BCUT2D eigenvalue weighted by Gasteiger charge is -2.38. The lowest BCUT2D eigenvalue weighted by atomic mass is 9.87. The van der Waals surface area contributed by atoms with Crippen LogP contribution in [0.5, 0.6) is 0 Å². The van der Waals surface area contributed by atoms with Crippen LogP contribution in [0, 0.1) is 18.3 Å². The van der Waals surface area contributed by atoms with Crippen LogP contribution in [0.2, 0.25) is 0 Å². The maximum Gasteiger partial charge on any atom is 0.240 e. The first-order valence-electron chi connectivity index (χ1n) is 8.81. The summed E-state index contributed by atoms with van der Waals surface area (Å²) >= 11 is 0. The molecule has 8 heteroatoms. The first kappa shape index (κ1) is 18.6. The van der Waals surface area contributed by atoms with E-state index in [1.54, 1.807) is 0 Å². The molecule has 5 N–H and O–H groups in total. The number of nitrogens with two attached hydrogens (primary N) is 2. The van der Waals surface area contributed by atoms with Gasteiger partial charge in [-0.05, 0) is 25.3 Å². The smallest absolute Gasteiger partial charge is 0.240 e. The summed E-state index contributed by atoms with van der Waals surface area (Å²) in [7, 11) is 0. The van der Waals surface area contributed by atoms with Gasteiger partial charge in [0, 0.05) is 19.6 Å². The van der Waals surface area contributed by atoms with Crippen LogP contribution in [0.4, 0.5) is 11.6 Å². The van der Waals surface area contributed by atoms with Crippen molar-refractivity contribution in [1.29, 1.82) is 5.26 Å². The van der Waals surface area contributed by atoms with Crippen molar-refractivity contribution < 1.29 is 4.79 Å². The van der Waals surface area contributed by atoms with Gasteiger partial charge in [0.15, 0.2) is 5.82 Å². The van der Waals surface area contributed by atoms with Gasteiger partial charge in [-0.2, -0.15) is 5.26 Å². The highest BCUT2D eigenvalue weighted by atomic mass is 16.2. The molecule has 0 aliphatic carbocycles. The third-order valence-electron chi connectivity index (χ3n) is 4.95. The van der Waals surface area contributed by atoms with Crippen LogP contribution in [0.25, 0.3) is 0 Å². The number of carbonyl (C=O) groups excluding carboxylic acids is 1. The Hall–Kier alpha value is -3.18. The number of anilines is 2. The van der Waals surface area contributed by atoms with Gasteiger partial charge in [0.1, 0.15) is 23.8 Å². The Morgan fingerprint density at radius 1 is 1.30 bits per heavy atom. The number of amides is 1. The minimum atomic E-state index is -0.938. The van der Waals surface area contributed by atoms with E-state index >= 15 is 0 Å². The van der Waals surface area contributed by atoms with Gasteiger partial charge in [-0.15, -0.1) is 0 Å². The molecule has 1 aliphatic heterocycles. The normalized spacial score (nSPS) is 15.8. The molecule has 2 heterocycles. The Labute approximate surface area is 158 Å².